The molecule has 0 amide bonds. The molecule has 0 aliphatic carbocycles. The summed E-state index contributed by atoms with van der Waals surface area (Å²) in [5.74, 6) is 1.62. The molecule has 1 N–H and O–H groups in total. The van der Waals surface area contributed by atoms with Gasteiger partial charge in [0.15, 0.2) is 0 Å². The smallest absolute Gasteiger partial charge is 0.0366 e. The summed E-state index contributed by atoms with van der Waals surface area (Å²) in [7, 11) is 2.04. The summed E-state index contributed by atoms with van der Waals surface area (Å²) in [6.45, 7) is 9.36. The summed E-state index contributed by atoms with van der Waals surface area (Å²) < 4.78 is 0. The van der Waals surface area contributed by atoms with Crippen LogP contribution < -0.4 is 10.2 Å². The quantitative estimate of drug-likeness (QED) is 0.885. The van der Waals surface area contributed by atoms with Crippen LogP contribution in [0.25, 0.3) is 0 Å². The third kappa shape index (κ3) is 3.50. The van der Waals surface area contributed by atoms with Crippen molar-refractivity contribution in [1.82, 2.24) is 5.32 Å². The average Bonchev–Trinajstić information content (AvgIpc) is 2.40. The van der Waals surface area contributed by atoms with Gasteiger partial charge in [0.1, 0.15) is 0 Å². The fourth-order valence-corrected chi connectivity index (χ4v) is 3.40. The van der Waals surface area contributed by atoms with E-state index in [1.165, 1.54) is 30.8 Å². The predicted molar refractivity (Wildman–Crippen MR) is 83.7 cm³/mol. The molecule has 0 spiro atoms. The molecule has 0 bridgehead atoms. The number of piperidine rings is 1. The summed E-state index contributed by atoms with van der Waals surface area (Å²) in [5.41, 5.74) is 2.78. The molecule has 2 heteroatoms. The van der Waals surface area contributed by atoms with Gasteiger partial charge in [0.2, 0.25) is 0 Å². The van der Waals surface area contributed by atoms with Crippen molar-refractivity contribution in [2.75, 3.05) is 25.0 Å². The van der Waals surface area contributed by atoms with Gasteiger partial charge in [-0.2, -0.15) is 0 Å². The van der Waals surface area contributed by atoms with E-state index >= 15 is 0 Å². The third-order valence-electron chi connectivity index (χ3n) is 4.29. The lowest BCUT2D eigenvalue weighted by molar-refractivity contribution is 0.357. The maximum absolute atomic E-state index is 3.37. The molecule has 2 rings (SSSR count). The minimum absolute atomic E-state index is 0.480. The molecule has 2 nitrogen and oxygen atoms in total. The number of nitrogens with zero attached hydrogens (tertiary/aromatic N) is 1. The van der Waals surface area contributed by atoms with E-state index < -0.39 is 0 Å². The summed E-state index contributed by atoms with van der Waals surface area (Å²) in [5, 5.41) is 3.37. The van der Waals surface area contributed by atoms with Gasteiger partial charge in [-0.3, -0.25) is 0 Å². The zero-order valence-electron chi connectivity index (χ0n) is 12.8. The Balaban J connectivity index is 2.09. The van der Waals surface area contributed by atoms with Gasteiger partial charge in [-0.1, -0.05) is 32.9 Å². The van der Waals surface area contributed by atoms with Crippen LogP contribution in [0.2, 0.25) is 0 Å². The highest BCUT2D eigenvalue weighted by atomic mass is 15.1. The van der Waals surface area contributed by atoms with Crippen molar-refractivity contribution in [2.45, 2.75) is 39.7 Å². The van der Waals surface area contributed by atoms with Gasteiger partial charge in [-0.15, -0.1) is 0 Å². The van der Waals surface area contributed by atoms with Gasteiger partial charge in [-0.25, -0.2) is 0 Å². The van der Waals surface area contributed by atoms with Crippen LogP contribution >= 0.6 is 0 Å². The molecule has 1 aliphatic rings. The molecule has 1 saturated heterocycles. The Labute approximate surface area is 118 Å². The van der Waals surface area contributed by atoms with Crippen molar-refractivity contribution >= 4 is 5.69 Å². The van der Waals surface area contributed by atoms with Crippen molar-refractivity contribution in [3.63, 3.8) is 0 Å². The highest BCUT2D eigenvalue weighted by Gasteiger charge is 2.21. The first-order chi connectivity index (χ1) is 9.13. The van der Waals surface area contributed by atoms with Gasteiger partial charge < -0.3 is 10.2 Å². The van der Waals surface area contributed by atoms with Gasteiger partial charge in [0.05, 0.1) is 0 Å². The van der Waals surface area contributed by atoms with Crippen LogP contribution in [0.1, 0.15) is 45.2 Å². The van der Waals surface area contributed by atoms with E-state index in [4.69, 9.17) is 0 Å². The van der Waals surface area contributed by atoms with Crippen molar-refractivity contribution in [1.29, 1.82) is 0 Å². The first-order valence-corrected chi connectivity index (χ1v) is 7.66. The molecule has 1 fully saturated rings. The van der Waals surface area contributed by atoms with Crippen molar-refractivity contribution in [3.8, 4) is 0 Å². The normalized spacial score (nSPS) is 25.4. The molecule has 19 heavy (non-hydrogen) atoms. The monoisotopic (exact) mass is 260 g/mol. The van der Waals surface area contributed by atoms with E-state index in [1.807, 2.05) is 7.05 Å². The van der Waals surface area contributed by atoms with E-state index in [0.717, 1.165) is 18.3 Å². The second-order valence-corrected chi connectivity index (χ2v) is 6.19. The van der Waals surface area contributed by atoms with Gasteiger partial charge in [0.25, 0.3) is 0 Å². The minimum atomic E-state index is 0.480. The number of rotatable bonds is 4. The van der Waals surface area contributed by atoms with Crippen molar-refractivity contribution in [3.05, 3.63) is 29.8 Å². The molecule has 1 aromatic rings. The number of benzene rings is 1. The Morgan fingerprint density at radius 3 is 2.21 bits per heavy atom. The van der Waals surface area contributed by atoms with E-state index in [0.29, 0.717) is 6.04 Å². The average molecular weight is 260 g/mol. The topological polar surface area (TPSA) is 15.3 Å². The molecule has 1 aromatic carbocycles. The molecule has 3 atom stereocenters. The second-order valence-electron chi connectivity index (χ2n) is 6.19. The lowest BCUT2D eigenvalue weighted by atomic mass is 9.91. The fourth-order valence-electron chi connectivity index (χ4n) is 3.40. The van der Waals surface area contributed by atoms with Crippen LogP contribution in [0.3, 0.4) is 0 Å². The van der Waals surface area contributed by atoms with Crippen LogP contribution in [0, 0.1) is 11.8 Å². The molecule has 0 aromatic heterocycles. The Hall–Kier alpha value is -1.02. The van der Waals surface area contributed by atoms with Gasteiger partial charge in [-0.05, 0) is 49.4 Å². The van der Waals surface area contributed by atoms with Crippen molar-refractivity contribution < 1.29 is 0 Å². The van der Waals surface area contributed by atoms with E-state index in [2.05, 4.69) is 55.3 Å². The molecule has 1 aliphatic heterocycles. The lowest BCUT2D eigenvalue weighted by Gasteiger charge is -2.36. The Kier molecular flexibility index (Phi) is 4.87. The summed E-state index contributed by atoms with van der Waals surface area (Å²) in [6.07, 6.45) is 2.50. The van der Waals surface area contributed by atoms with Crippen LogP contribution in [0.15, 0.2) is 24.3 Å². The number of anilines is 1. The number of hydrogen-bond donors (Lipinski definition) is 1. The first-order valence-electron chi connectivity index (χ1n) is 7.66. The summed E-state index contributed by atoms with van der Waals surface area (Å²) >= 11 is 0. The fraction of sp³-hybridized carbons (Fsp3) is 0.647. The molecule has 106 valence electrons. The van der Waals surface area contributed by atoms with E-state index in [9.17, 15) is 0 Å². The predicted octanol–water partition coefficient (Wildman–Crippen LogP) is 3.84. The Morgan fingerprint density at radius 1 is 1.16 bits per heavy atom. The number of nitrogens with one attached hydrogen (secondary N) is 1. The highest BCUT2D eigenvalue weighted by molar-refractivity contribution is 5.48. The molecule has 3 unspecified atom stereocenters. The molecule has 0 radical (unpaired) electrons. The largest absolute Gasteiger partial charge is 0.371 e. The van der Waals surface area contributed by atoms with Crippen LogP contribution in [-0.2, 0) is 0 Å². The number of hydrogen-bond acceptors (Lipinski definition) is 2. The Morgan fingerprint density at radius 2 is 1.74 bits per heavy atom. The molecular formula is C17H28N2. The molecule has 0 saturated carbocycles. The van der Waals surface area contributed by atoms with Crippen LogP contribution in [-0.4, -0.2) is 20.1 Å². The van der Waals surface area contributed by atoms with Gasteiger partial charge >= 0.3 is 0 Å². The maximum atomic E-state index is 3.37. The second kappa shape index (κ2) is 6.42. The Bertz CT molecular complexity index is 371. The standard InChI is InChI=1S/C17H28N2/c1-5-17(18-4)15-6-8-16(9-7-15)19-11-13(2)10-14(3)12-19/h6-9,13-14,17-18H,5,10-12H2,1-4H3. The zero-order chi connectivity index (χ0) is 13.8. The van der Waals surface area contributed by atoms with Gasteiger partial charge in [0, 0.05) is 24.8 Å². The SMILES string of the molecule is CCC(NC)c1ccc(N2CC(C)CC(C)C2)cc1. The summed E-state index contributed by atoms with van der Waals surface area (Å²) in [6, 6.07) is 9.63. The molecule has 1 heterocycles. The first kappa shape index (κ1) is 14.4. The van der Waals surface area contributed by atoms with Crippen LogP contribution in [0.5, 0.6) is 0 Å². The highest BCUT2D eigenvalue weighted by Crippen LogP contribution is 2.27. The van der Waals surface area contributed by atoms with Crippen LogP contribution in [0.4, 0.5) is 5.69 Å². The van der Waals surface area contributed by atoms with E-state index in [1.54, 1.807) is 0 Å². The summed E-state index contributed by atoms with van der Waals surface area (Å²) in [4.78, 5) is 2.54. The maximum Gasteiger partial charge on any atom is 0.0366 e. The van der Waals surface area contributed by atoms with E-state index in [-0.39, 0.29) is 0 Å². The minimum Gasteiger partial charge on any atom is -0.371 e. The molecular weight excluding hydrogens is 232 g/mol. The zero-order valence-corrected chi connectivity index (χ0v) is 12.8. The van der Waals surface area contributed by atoms with Crippen molar-refractivity contribution in [2.24, 2.45) is 11.8 Å². The third-order valence-corrected chi connectivity index (χ3v) is 4.29. The lowest BCUT2D eigenvalue weighted by Crippen LogP contribution is -2.38.